The minimum absolute atomic E-state index is 0. The van der Waals surface area contributed by atoms with Crippen molar-refractivity contribution < 1.29 is 9.53 Å². The van der Waals surface area contributed by atoms with E-state index in [9.17, 15) is 4.79 Å². The monoisotopic (exact) mass is 302 g/mol. The van der Waals surface area contributed by atoms with E-state index in [-0.39, 0.29) is 31.0 Å². The molecule has 1 fully saturated rings. The second-order valence-electron chi connectivity index (χ2n) is 5.06. The third-order valence-corrected chi connectivity index (χ3v) is 3.76. The number of hydrogen-bond acceptors (Lipinski definition) is 4. The van der Waals surface area contributed by atoms with Crippen LogP contribution >= 0.6 is 12.4 Å². The normalized spacial score (nSPS) is 17.7. The minimum atomic E-state index is 0. The highest BCUT2D eigenvalue weighted by Crippen LogP contribution is 2.21. The van der Waals surface area contributed by atoms with Crippen molar-refractivity contribution in [3.63, 3.8) is 0 Å². The molecule has 0 bridgehead atoms. The molecule has 2 rings (SSSR count). The second kappa shape index (κ2) is 6.95. The second-order valence-corrected chi connectivity index (χ2v) is 5.06. The van der Waals surface area contributed by atoms with Gasteiger partial charge in [-0.3, -0.25) is 9.48 Å². The molecule has 0 aliphatic carbocycles. The number of amides is 1. The standard InChI is InChI=1S/C13H22N4O2.ClH/c1-9-13(10(2)17(4)15-9)19-8-12(18)16(3)11-5-6-14-7-11;/h11,14H,5-8H2,1-4H3;1H. The average Bonchev–Trinajstić information content (AvgIpc) is 2.97. The first-order valence-electron chi connectivity index (χ1n) is 6.60. The third kappa shape index (κ3) is 3.43. The largest absolute Gasteiger partial charge is 0.480 e. The van der Waals surface area contributed by atoms with Crippen LogP contribution in [0.2, 0.25) is 0 Å². The number of aryl methyl sites for hydroxylation is 2. The van der Waals surface area contributed by atoms with E-state index in [0.717, 1.165) is 30.9 Å². The minimum Gasteiger partial charge on any atom is -0.480 e. The highest BCUT2D eigenvalue weighted by Gasteiger charge is 2.23. The summed E-state index contributed by atoms with van der Waals surface area (Å²) in [7, 11) is 3.71. The maximum Gasteiger partial charge on any atom is 0.260 e. The first-order valence-corrected chi connectivity index (χ1v) is 6.60. The summed E-state index contributed by atoms with van der Waals surface area (Å²) in [6.07, 6.45) is 1.01. The van der Waals surface area contributed by atoms with Gasteiger partial charge in [-0.2, -0.15) is 5.10 Å². The van der Waals surface area contributed by atoms with Crippen LogP contribution in [0, 0.1) is 13.8 Å². The molecule has 1 amide bonds. The predicted molar refractivity (Wildman–Crippen MR) is 79.5 cm³/mol. The van der Waals surface area contributed by atoms with E-state index in [0.29, 0.717) is 5.75 Å². The summed E-state index contributed by atoms with van der Waals surface area (Å²) in [6.45, 7) is 5.74. The van der Waals surface area contributed by atoms with Crippen LogP contribution in [0.3, 0.4) is 0 Å². The SMILES string of the molecule is Cc1nn(C)c(C)c1OCC(=O)N(C)C1CCNC1.Cl. The molecular weight excluding hydrogens is 280 g/mol. The van der Waals surface area contributed by atoms with Gasteiger partial charge in [-0.25, -0.2) is 0 Å². The van der Waals surface area contributed by atoms with Crippen LogP contribution in [0.1, 0.15) is 17.8 Å². The molecule has 1 atom stereocenters. The molecule has 1 aromatic heterocycles. The quantitative estimate of drug-likeness (QED) is 0.887. The fraction of sp³-hybridized carbons (Fsp3) is 0.692. The van der Waals surface area contributed by atoms with Gasteiger partial charge in [0, 0.05) is 26.7 Å². The van der Waals surface area contributed by atoms with Crippen molar-refractivity contribution in [2.45, 2.75) is 26.3 Å². The molecule has 7 heteroatoms. The van der Waals surface area contributed by atoms with Gasteiger partial charge in [-0.1, -0.05) is 0 Å². The Morgan fingerprint density at radius 2 is 2.25 bits per heavy atom. The maximum atomic E-state index is 12.1. The molecule has 0 spiro atoms. The van der Waals surface area contributed by atoms with Crippen molar-refractivity contribution in [1.29, 1.82) is 0 Å². The summed E-state index contributed by atoms with van der Waals surface area (Å²) >= 11 is 0. The highest BCUT2D eigenvalue weighted by molar-refractivity contribution is 5.85. The Bertz CT molecular complexity index is 469. The van der Waals surface area contributed by atoms with Crippen LogP contribution in [-0.2, 0) is 11.8 Å². The lowest BCUT2D eigenvalue weighted by molar-refractivity contribution is -0.133. The van der Waals surface area contributed by atoms with Gasteiger partial charge in [0.15, 0.2) is 12.4 Å². The van der Waals surface area contributed by atoms with Gasteiger partial charge < -0.3 is 15.0 Å². The van der Waals surface area contributed by atoms with Crippen LogP contribution in [0.4, 0.5) is 0 Å². The molecule has 20 heavy (non-hydrogen) atoms. The Morgan fingerprint density at radius 3 is 2.75 bits per heavy atom. The molecule has 1 aliphatic heterocycles. The Hall–Kier alpha value is -1.27. The molecule has 1 aromatic rings. The summed E-state index contributed by atoms with van der Waals surface area (Å²) in [5.74, 6) is 0.727. The Kier molecular flexibility index (Phi) is 5.83. The van der Waals surface area contributed by atoms with Crippen LogP contribution in [0.25, 0.3) is 0 Å². The summed E-state index contributed by atoms with van der Waals surface area (Å²) in [4.78, 5) is 13.9. The van der Waals surface area contributed by atoms with Crippen LogP contribution in [-0.4, -0.2) is 53.4 Å². The van der Waals surface area contributed by atoms with Gasteiger partial charge in [0.05, 0.1) is 5.69 Å². The molecule has 0 saturated carbocycles. The lowest BCUT2D eigenvalue weighted by Crippen LogP contribution is -2.41. The third-order valence-electron chi connectivity index (χ3n) is 3.76. The van der Waals surface area contributed by atoms with E-state index < -0.39 is 0 Å². The molecule has 0 radical (unpaired) electrons. The number of rotatable bonds is 4. The number of halogens is 1. The summed E-state index contributed by atoms with van der Waals surface area (Å²) in [6, 6.07) is 0.284. The molecule has 6 nitrogen and oxygen atoms in total. The topological polar surface area (TPSA) is 59.4 Å². The Labute approximate surface area is 125 Å². The number of aromatic nitrogens is 2. The summed E-state index contributed by atoms with van der Waals surface area (Å²) in [5.41, 5.74) is 1.76. The van der Waals surface area contributed by atoms with E-state index in [1.54, 1.807) is 9.58 Å². The Morgan fingerprint density at radius 1 is 1.55 bits per heavy atom. The van der Waals surface area contributed by atoms with Crippen molar-refractivity contribution in [1.82, 2.24) is 20.0 Å². The highest BCUT2D eigenvalue weighted by atomic mass is 35.5. The molecule has 2 heterocycles. The molecule has 114 valence electrons. The number of carbonyl (C=O) groups excluding carboxylic acids is 1. The van der Waals surface area contributed by atoms with Crippen LogP contribution in [0.5, 0.6) is 5.75 Å². The molecule has 0 aromatic carbocycles. The summed E-state index contributed by atoms with van der Waals surface area (Å²) in [5, 5.41) is 7.52. The van der Waals surface area contributed by atoms with E-state index in [1.807, 2.05) is 27.9 Å². The predicted octanol–water partition coefficient (Wildman–Crippen LogP) is 0.658. The lowest BCUT2D eigenvalue weighted by Gasteiger charge is -2.23. The number of likely N-dealkylation sites (N-methyl/N-ethyl adjacent to an activating group) is 1. The zero-order valence-corrected chi connectivity index (χ0v) is 13.3. The van der Waals surface area contributed by atoms with Crippen molar-refractivity contribution in [2.75, 3.05) is 26.7 Å². The average molecular weight is 303 g/mol. The van der Waals surface area contributed by atoms with Gasteiger partial charge in [-0.05, 0) is 26.8 Å². The molecule has 1 N–H and O–H groups in total. The van der Waals surface area contributed by atoms with E-state index in [1.165, 1.54) is 0 Å². The first kappa shape index (κ1) is 16.8. The first-order chi connectivity index (χ1) is 9.00. The van der Waals surface area contributed by atoms with Crippen molar-refractivity contribution in [3.05, 3.63) is 11.4 Å². The van der Waals surface area contributed by atoms with Gasteiger partial charge in [0.1, 0.15) is 5.69 Å². The molecule has 1 aliphatic rings. The molecular formula is C13H23ClN4O2. The van der Waals surface area contributed by atoms with E-state index in [2.05, 4.69) is 10.4 Å². The van der Waals surface area contributed by atoms with Gasteiger partial charge in [-0.15, -0.1) is 12.4 Å². The number of hydrogen-bond donors (Lipinski definition) is 1. The Balaban J connectivity index is 0.00000200. The van der Waals surface area contributed by atoms with Crippen LogP contribution in [0.15, 0.2) is 0 Å². The number of nitrogens with zero attached hydrogens (tertiary/aromatic N) is 3. The fourth-order valence-corrected chi connectivity index (χ4v) is 2.37. The van der Waals surface area contributed by atoms with Gasteiger partial charge in [0.25, 0.3) is 5.91 Å². The smallest absolute Gasteiger partial charge is 0.260 e. The lowest BCUT2D eigenvalue weighted by atomic mass is 10.2. The molecule has 1 saturated heterocycles. The number of carbonyl (C=O) groups is 1. The number of nitrogens with one attached hydrogen (secondary N) is 1. The van der Waals surface area contributed by atoms with Crippen molar-refractivity contribution in [2.24, 2.45) is 7.05 Å². The number of ether oxygens (including phenoxy) is 1. The van der Waals surface area contributed by atoms with E-state index in [4.69, 9.17) is 4.74 Å². The van der Waals surface area contributed by atoms with Crippen molar-refractivity contribution >= 4 is 18.3 Å². The van der Waals surface area contributed by atoms with Crippen LogP contribution < -0.4 is 10.1 Å². The van der Waals surface area contributed by atoms with Crippen molar-refractivity contribution in [3.8, 4) is 5.75 Å². The fourth-order valence-electron chi connectivity index (χ4n) is 2.37. The van der Waals surface area contributed by atoms with Gasteiger partial charge >= 0.3 is 0 Å². The zero-order chi connectivity index (χ0) is 14.0. The zero-order valence-electron chi connectivity index (χ0n) is 12.5. The molecule has 1 unspecified atom stereocenters. The van der Waals surface area contributed by atoms with E-state index >= 15 is 0 Å². The maximum absolute atomic E-state index is 12.1. The van der Waals surface area contributed by atoms with Gasteiger partial charge in [0.2, 0.25) is 0 Å². The summed E-state index contributed by atoms with van der Waals surface area (Å²) < 4.78 is 7.40.